The largest absolute Gasteiger partial charge is 0.497 e. The molecule has 0 bridgehead atoms. The molecular weight excluding hydrogens is 405 g/mol. The summed E-state index contributed by atoms with van der Waals surface area (Å²) in [6.07, 6.45) is 0.125. The van der Waals surface area contributed by atoms with E-state index in [9.17, 15) is 18.0 Å². The van der Waals surface area contributed by atoms with Crippen LogP contribution in [0.3, 0.4) is 0 Å². The number of halogens is 3. The summed E-state index contributed by atoms with van der Waals surface area (Å²) in [5, 5.41) is 11.2. The number of carbonyl (C=O) groups is 1. The van der Waals surface area contributed by atoms with Gasteiger partial charge in [0.15, 0.2) is 0 Å². The summed E-state index contributed by atoms with van der Waals surface area (Å²) < 4.78 is 44.5. The maximum Gasteiger partial charge on any atom is 0.220 e. The Hall–Kier alpha value is -3.14. The van der Waals surface area contributed by atoms with E-state index in [-0.39, 0.29) is 36.0 Å². The molecule has 29 heavy (non-hydrogen) atoms. The van der Waals surface area contributed by atoms with Crippen LogP contribution in [0.1, 0.15) is 17.9 Å². The Kier molecular flexibility index (Phi) is 6.32. The van der Waals surface area contributed by atoms with Gasteiger partial charge < -0.3 is 15.8 Å². The van der Waals surface area contributed by atoms with E-state index in [4.69, 9.17) is 10.5 Å². The number of amides is 1. The van der Waals surface area contributed by atoms with Crippen molar-refractivity contribution in [2.75, 3.05) is 19.4 Å². The smallest absolute Gasteiger partial charge is 0.220 e. The summed E-state index contributed by atoms with van der Waals surface area (Å²) in [5.41, 5.74) is 6.20. The Balaban J connectivity index is 0.000000169. The lowest BCUT2D eigenvalue weighted by Gasteiger charge is -2.11. The number of methoxy groups -OCH3 is 1. The molecule has 4 rings (SSSR count). The van der Waals surface area contributed by atoms with Crippen molar-refractivity contribution in [3.05, 3.63) is 59.4 Å². The van der Waals surface area contributed by atoms with Crippen molar-refractivity contribution in [2.45, 2.75) is 12.3 Å². The molecule has 1 amide bonds. The van der Waals surface area contributed by atoms with Gasteiger partial charge in [-0.05, 0) is 24.3 Å². The highest BCUT2D eigenvalue weighted by Gasteiger charge is 2.28. The van der Waals surface area contributed by atoms with Crippen LogP contribution in [-0.4, -0.2) is 29.8 Å². The fourth-order valence-electron chi connectivity index (χ4n) is 2.82. The van der Waals surface area contributed by atoms with E-state index in [1.165, 1.54) is 30.6 Å². The number of aromatic nitrogens is 2. The monoisotopic (exact) mass is 422 g/mol. The minimum absolute atomic E-state index is 0.0425. The highest BCUT2D eigenvalue weighted by Crippen LogP contribution is 2.30. The third-order valence-electron chi connectivity index (χ3n) is 4.21. The lowest BCUT2D eigenvalue weighted by molar-refractivity contribution is -0.119. The van der Waals surface area contributed by atoms with Crippen molar-refractivity contribution in [2.24, 2.45) is 0 Å². The van der Waals surface area contributed by atoms with Crippen molar-refractivity contribution in [3.63, 3.8) is 0 Å². The van der Waals surface area contributed by atoms with Crippen LogP contribution >= 0.6 is 11.3 Å². The van der Waals surface area contributed by atoms with E-state index in [2.05, 4.69) is 15.5 Å². The Bertz CT molecular complexity index is 988. The molecule has 1 aliphatic rings. The molecule has 2 heterocycles. The summed E-state index contributed by atoms with van der Waals surface area (Å²) >= 11 is 1.28. The second kappa shape index (κ2) is 8.91. The number of anilines is 1. The van der Waals surface area contributed by atoms with Gasteiger partial charge in [0.1, 0.15) is 28.2 Å². The summed E-state index contributed by atoms with van der Waals surface area (Å²) in [6, 6.07) is 8.31. The number of hydrogen-bond acceptors (Lipinski definition) is 6. The van der Waals surface area contributed by atoms with Crippen LogP contribution in [0, 0.1) is 17.5 Å². The van der Waals surface area contributed by atoms with Crippen molar-refractivity contribution in [1.29, 1.82) is 0 Å². The number of nitrogens with zero attached hydrogens (tertiary/aromatic N) is 2. The fraction of sp³-hybridized carbons (Fsp3) is 0.211. The zero-order valence-electron chi connectivity index (χ0n) is 15.3. The van der Waals surface area contributed by atoms with Gasteiger partial charge in [0.05, 0.1) is 7.11 Å². The molecule has 3 N–H and O–H groups in total. The molecule has 152 valence electrons. The number of nitrogen functional groups attached to an aromatic ring is 1. The van der Waals surface area contributed by atoms with Crippen LogP contribution in [0.15, 0.2) is 36.4 Å². The molecule has 0 aliphatic carbocycles. The Morgan fingerprint density at radius 1 is 1.14 bits per heavy atom. The van der Waals surface area contributed by atoms with Crippen molar-refractivity contribution < 1.29 is 22.7 Å². The second-order valence-corrected chi connectivity index (χ2v) is 7.17. The average molecular weight is 422 g/mol. The number of nitrogens with two attached hydrogens (primary N) is 1. The van der Waals surface area contributed by atoms with Crippen molar-refractivity contribution >= 4 is 22.4 Å². The van der Waals surface area contributed by atoms with Crippen LogP contribution in [0.25, 0.3) is 10.6 Å². The molecule has 0 saturated carbocycles. The minimum Gasteiger partial charge on any atom is -0.497 e. The van der Waals surface area contributed by atoms with Gasteiger partial charge >= 0.3 is 0 Å². The number of carbonyl (C=O) groups excluding carboxylic acids is 1. The van der Waals surface area contributed by atoms with Gasteiger partial charge in [0.2, 0.25) is 11.0 Å². The molecule has 2 aromatic carbocycles. The predicted octanol–water partition coefficient (Wildman–Crippen LogP) is 3.50. The van der Waals surface area contributed by atoms with E-state index in [0.29, 0.717) is 10.1 Å². The molecule has 1 fully saturated rings. The molecule has 1 saturated heterocycles. The lowest BCUT2D eigenvalue weighted by Crippen LogP contribution is -2.14. The first-order valence-electron chi connectivity index (χ1n) is 8.52. The lowest BCUT2D eigenvalue weighted by atomic mass is 9.97. The zero-order valence-corrected chi connectivity index (χ0v) is 16.1. The maximum absolute atomic E-state index is 13.6. The third kappa shape index (κ3) is 5.02. The standard InChI is InChI=1S/C11H11F2NO2.C8H6FN3S/c1-16-7-3-8(12)11(9(13)4-7)6-2-10(15)14-5-6;9-6-3-1-5(2-4-6)7-11-12-8(10)13-7/h3-4,6H,2,5H2,1H3,(H,14,15);1-4H,(H2,10,12). The molecule has 6 nitrogen and oxygen atoms in total. The van der Waals surface area contributed by atoms with Gasteiger partial charge in [-0.25, -0.2) is 13.2 Å². The first-order chi connectivity index (χ1) is 13.9. The number of ether oxygens (including phenoxy) is 1. The van der Waals surface area contributed by atoms with Crippen LogP contribution in [-0.2, 0) is 4.79 Å². The van der Waals surface area contributed by atoms with E-state index in [1.54, 1.807) is 12.1 Å². The summed E-state index contributed by atoms with van der Waals surface area (Å²) in [7, 11) is 1.34. The number of rotatable bonds is 3. The number of benzene rings is 2. The molecule has 0 spiro atoms. The molecule has 3 aromatic rings. The van der Waals surface area contributed by atoms with Crippen LogP contribution in [0.4, 0.5) is 18.3 Å². The zero-order chi connectivity index (χ0) is 21.0. The number of nitrogens with one attached hydrogen (secondary N) is 1. The first-order valence-corrected chi connectivity index (χ1v) is 9.33. The van der Waals surface area contributed by atoms with Gasteiger partial charge in [-0.15, -0.1) is 10.2 Å². The summed E-state index contributed by atoms with van der Waals surface area (Å²) in [5.74, 6) is -2.08. The quantitative estimate of drug-likeness (QED) is 0.674. The van der Waals surface area contributed by atoms with Gasteiger partial charge in [-0.2, -0.15) is 0 Å². The maximum atomic E-state index is 13.6. The first kappa shape index (κ1) is 20.6. The fourth-order valence-corrected chi connectivity index (χ4v) is 3.44. The van der Waals surface area contributed by atoms with E-state index in [0.717, 1.165) is 17.7 Å². The van der Waals surface area contributed by atoms with Crippen LogP contribution in [0.2, 0.25) is 0 Å². The topological polar surface area (TPSA) is 90.1 Å². The van der Waals surface area contributed by atoms with Gasteiger partial charge in [0, 0.05) is 42.1 Å². The Morgan fingerprint density at radius 3 is 2.28 bits per heavy atom. The number of hydrogen-bond donors (Lipinski definition) is 2. The summed E-state index contributed by atoms with van der Waals surface area (Å²) in [4.78, 5) is 11.0. The van der Waals surface area contributed by atoms with Crippen molar-refractivity contribution in [1.82, 2.24) is 15.5 Å². The molecule has 0 radical (unpaired) electrons. The predicted molar refractivity (Wildman–Crippen MR) is 103 cm³/mol. The normalized spacial score (nSPS) is 15.4. The van der Waals surface area contributed by atoms with E-state index < -0.39 is 17.6 Å². The molecule has 1 atom stereocenters. The average Bonchev–Trinajstić information content (AvgIpc) is 3.31. The molecule has 1 aromatic heterocycles. The molecular formula is C19H17F3N4O2S. The van der Waals surface area contributed by atoms with Gasteiger partial charge in [-0.3, -0.25) is 4.79 Å². The minimum atomic E-state index is -0.668. The summed E-state index contributed by atoms with van der Waals surface area (Å²) in [6.45, 7) is 0.277. The van der Waals surface area contributed by atoms with Crippen LogP contribution in [0.5, 0.6) is 5.75 Å². The third-order valence-corrected chi connectivity index (χ3v) is 5.01. The van der Waals surface area contributed by atoms with Gasteiger partial charge in [0.25, 0.3) is 0 Å². The molecule has 10 heteroatoms. The van der Waals surface area contributed by atoms with E-state index >= 15 is 0 Å². The Morgan fingerprint density at radius 2 is 1.79 bits per heavy atom. The molecule has 1 aliphatic heterocycles. The van der Waals surface area contributed by atoms with Gasteiger partial charge in [-0.1, -0.05) is 11.3 Å². The highest BCUT2D eigenvalue weighted by atomic mass is 32.1. The van der Waals surface area contributed by atoms with Crippen LogP contribution < -0.4 is 15.8 Å². The van der Waals surface area contributed by atoms with E-state index in [1.807, 2.05) is 0 Å². The Labute approximate surface area is 168 Å². The van der Waals surface area contributed by atoms with Crippen molar-refractivity contribution in [3.8, 4) is 16.3 Å². The SMILES string of the molecule is COc1cc(F)c(C2CNC(=O)C2)c(F)c1.Nc1nnc(-c2ccc(F)cc2)s1. The highest BCUT2D eigenvalue weighted by molar-refractivity contribution is 7.18. The second-order valence-electron chi connectivity index (χ2n) is 6.16. The molecule has 1 unspecified atom stereocenters.